The Hall–Kier alpha value is -2.72. The van der Waals surface area contributed by atoms with Crippen LogP contribution in [0.3, 0.4) is 0 Å². The molecule has 4 heteroatoms. The van der Waals surface area contributed by atoms with Crippen molar-refractivity contribution < 1.29 is 0 Å². The average molecular weight is 347 g/mol. The number of thiazole rings is 1. The van der Waals surface area contributed by atoms with Crippen LogP contribution in [0.15, 0.2) is 83.5 Å². The average Bonchev–Trinajstić information content (AvgIpc) is 3.00. The zero-order chi connectivity index (χ0) is 17.6. The summed E-state index contributed by atoms with van der Waals surface area (Å²) < 4.78 is 2.18. The normalized spacial score (nSPS) is 11.4. The summed E-state index contributed by atoms with van der Waals surface area (Å²) in [6.45, 7) is 8.50. The Bertz CT molecular complexity index is 944. The summed E-state index contributed by atoms with van der Waals surface area (Å²) in [5.41, 5.74) is 4.43. The summed E-state index contributed by atoms with van der Waals surface area (Å²) in [4.78, 5) is 2.06. The van der Waals surface area contributed by atoms with Gasteiger partial charge in [-0.25, -0.2) is 0 Å². The molecule has 0 N–H and O–H groups in total. The third kappa shape index (κ3) is 3.86. The van der Waals surface area contributed by atoms with Crippen LogP contribution in [-0.4, -0.2) is 10.3 Å². The molecule has 0 saturated carbocycles. The number of benzene rings is 2. The molecule has 3 rings (SSSR count). The Morgan fingerprint density at radius 2 is 1.60 bits per heavy atom. The second-order valence-electron chi connectivity index (χ2n) is 5.84. The van der Waals surface area contributed by atoms with Gasteiger partial charge in [0.25, 0.3) is 0 Å². The van der Waals surface area contributed by atoms with E-state index in [0.29, 0.717) is 6.54 Å². The van der Waals surface area contributed by atoms with Gasteiger partial charge >= 0.3 is 0 Å². The maximum Gasteiger partial charge on any atom is 0.211 e. The molecule has 0 spiro atoms. The Labute approximate surface area is 152 Å². The monoisotopic (exact) mass is 347 g/mol. The fraction of sp³-hybridized carbons (Fsp3) is 0.143. The van der Waals surface area contributed by atoms with Crippen LogP contribution in [0.4, 0.5) is 0 Å². The van der Waals surface area contributed by atoms with Gasteiger partial charge in [0.15, 0.2) is 0 Å². The van der Waals surface area contributed by atoms with Gasteiger partial charge in [-0.2, -0.15) is 5.10 Å². The minimum atomic E-state index is 0.685. The molecule has 0 fully saturated rings. The van der Waals surface area contributed by atoms with Crippen LogP contribution in [0.1, 0.15) is 13.8 Å². The van der Waals surface area contributed by atoms with Crippen LogP contribution in [0.2, 0.25) is 0 Å². The SMILES string of the molecule is C=CCn1c(-c2ccccc2)c(-c2ccccc2)sc1=NN=C(C)C. The predicted molar refractivity (Wildman–Crippen MR) is 108 cm³/mol. The van der Waals surface area contributed by atoms with Crippen LogP contribution >= 0.6 is 11.3 Å². The van der Waals surface area contributed by atoms with Gasteiger partial charge in [0.2, 0.25) is 4.80 Å². The van der Waals surface area contributed by atoms with E-state index >= 15 is 0 Å². The molecule has 0 saturated heterocycles. The van der Waals surface area contributed by atoms with Crippen molar-refractivity contribution in [1.82, 2.24) is 4.57 Å². The van der Waals surface area contributed by atoms with Gasteiger partial charge in [0.05, 0.1) is 10.6 Å². The van der Waals surface area contributed by atoms with Gasteiger partial charge in [-0.3, -0.25) is 0 Å². The topological polar surface area (TPSA) is 29.6 Å². The molecule has 0 amide bonds. The molecule has 1 aromatic heterocycles. The molecule has 0 atom stereocenters. The fourth-order valence-electron chi connectivity index (χ4n) is 2.60. The van der Waals surface area contributed by atoms with E-state index in [-0.39, 0.29) is 0 Å². The summed E-state index contributed by atoms with van der Waals surface area (Å²) >= 11 is 1.66. The van der Waals surface area contributed by atoms with Gasteiger partial charge in [-0.15, -0.1) is 11.7 Å². The van der Waals surface area contributed by atoms with Gasteiger partial charge in [0.1, 0.15) is 0 Å². The van der Waals surface area contributed by atoms with Gasteiger partial charge in [-0.05, 0) is 25.0 Å². The first-order valence-electron chi connectivity index (χ1n) is 8.21. The zero-order valence-electron chi connectivity index (χ0n) is 14.5. The number of nitrogens with zero attached hydrogens (tertiary/aromatic N) is 3. The van der Waals surface area contributed by atoms with Crippen LogP contribution in [0.5, 0.6) is 0 Å². The largest absolute Gasteiger partial charge is 0.311 e. The molecule has 126 valence electrons. The first-order chi connectivity index (χ1) is 12.2. The lowest BCUT2D eigenvalue weighted by atomic mass is 10.1. The molecule has 1 heterocycles. The third-order valence-electron chi connectivity index (χ3n) is 3.64. The number of hydrogen-bond donors (Lipinski definition) is 0. The standard InChI is InChI=1S/C21H21N3S/c1-4-15-24-19(17-11-7-5-8-12-17)20(18-13-9-6-10-14-18)25-21(24)23-22-16(2)3/h4-14H,1,15H2,2-3H3. The summed E-state index contributed by atoms with van der Waals surface area (Å²) in [6.07, 6.45) is 1.90. The third-order valence-corrected chi connectivity index (χ3v) is 4.76. The quantitative estimate of drug-likeness (QED) is 0.337. The second kappa shape index (κ2) is 7.90. The van der Waals surface area contributed by atoms with Crippen molar-refractivity contribution in [2.45, 2.75) is 20.4 Å². The second-order valence-corrected chi connectivity index (χ2v) is 6.82. The highest BCUT2D eigenvalue weighted by atomic mass is 32.1. The minimum absolute atomic E-state index is 0.685. The van der Waals surface area contributed by atoms with E-state index in [1.165, 1.54) is 10.4 Å². The number of hydrogen-bond acceptors (Lipinski definition) is 3. The van der Waals surface area contributed by atoms with Crippen LogP contribution in [0.25, 0.3) is 21.7 Å². The van der Waals surface area contributed by atoms with Crippen LogP contribution in [0, 0.1) is 0 Å². The van der Waals surface area contributed by atoms with Crippen LogP contribution < -0.4 is 4.80 Å². The molecule has 0 aliphatic rings. The van der Waals surface area contributed by atoms with Gasteiger partial charge in [-0.1, -0.05) is 78.1 Å². The molecule has 0 unspecified atom stereocenters. The Balaban J connectivity index is 2.34. The van der Waals surface area contributed by atoms with E-state index < -0.39 is 0 Å². The van der Waals surface area contributed by atoms with Gasteiger partial charge < -0.3 is 4.57 Å². The summed E-state index contributed by atoms with van der Waals surface area (Å²) in [5, 5.41) is 8.75. The molecule has 0 aliphatic heterocycles. The molecule has 0 bridgehead atoms. The van der Waals surface area contributed by atoms with Gasteiger partial charge in [0, 0.05) is 12.3 Å². The molecule has 3 nitrogen and oxygen atoms in total. The van der Waals surface area contributed by atoms with E-state index in [2.05, 4.69) is 69.9 Å². The van der Waals surface area contributed by atoms with E-state index in [9.17, 15) is 0 Å². The summed E-state index contributed by atoms with van der Waals surface area (Å²) in [6, 6.07) is 20.8. The van der Waals surface area contributed by atoms with Crippen molar-refractivity contribution in [3.05, 3.63) is 78.1 Å². The van der Waals surface area contributed by atoms with Crippen molar-refractivity contribution in [1.29, 1.82) is 0 Å². The van der Waals surface area contributed by atoms with Crippen molar-refractivity contribution >= 4 is 17.0 Å². The van der Waals surface area contributed by atoms with E-state index in [4.69, 9.17) is 0 Å². The Morgan fingerprint density at radius 3 is 2.16 bits per heavy atom. The maximum atomic E-state index is 4.48. The lowest BCUT2D eigenvalue weighted by molar-refractivity contribution is 0.789. The maximum absolute atomic E-state index is 4.48. The van der Waals surface area contributed by atoms with Crippen molar-refractivity contribution in [2.75, 3.05) is 0 Å². The number of allylic oxidation sites excluding steroid dienone is 1. The predicted octanol–water partition coefficient (Wildman–Crippen LogP) is 5.37. The first kappa shape index (κ1) is 17.1. The van der Waals surface area contributed by atoms with Crippen molar-refractivity contribution in [3.8, 4) is 21.7 Å². The van der Waals surface area contributed by atoms with Crippen LogP contribution in [-0.2, 0) is 6.54 Å². The molecular weight excluding hydrogens is 326 g/mol. The lowest BCUT2D eigenvalue weighted by Crippen LogP contribution is -2.14. The zero-order valence-corrected chi connectivity index (χ0v) is 15.3. The molecule has 0 radical (unpaired) electrons. The number of rotatable bonds is 5. The smallest absolute Gasteiger partial charge is 0.211 e. The van der Waals surface area contributed by atoms with E-state index in [0.717, 1.165) is 21.8 Å². The molecule has 3 aromatic rings. The molecule has 25 heavy (non-hydrogen) atoms. The van der Waals surface area contributed by atoms with E-state index in [1.807, 2.05) is 32.1 Å². The van der Waals surface area contributed by atoms with Crippen molar-refractivity contribution in [2.24, 2.45) is 10.2 Å². The molecule has 0 aliphatic carbocycles. The summed E-state index contributed by atoms with van der Waals surface area (Å²) in [7, 11) is 0. The molecular formula is C21H21N3S. The first-order valence-corrected chi connectivity index (χ1v) is 9.02. The lowest BCUT2D eigenvalue weighted by Gasteiger charge is -2.09. The Morgan fingerprint density at radius 1 is 1.00 bits per heavy atom. The highest BCUT2D eigenvalue weighted by Crippen LogP contribution is 2.34. The Kier molecular flexibility index (Phi) is 5.41. The summed E-state index contributed by atoms with van der Waals surface area (Å²) in [5.74, 6) is 0. The van der Waals surface area contributed by atoms with Crippen molar-refractivity contribution in [3.63, 3.8) is 0 Å². The fourth-order valence-corrected chi connectivity index (χ4v) is 3.72. The molecule has 2 aromatic carbocycles. The minimum Gasteiger partial charge on any atom is -0.311 e. The number of aromatic nitrogens is 1. The highest BCUT2D eigenvalue weighted by molar-refractivity contribution is 7.13. The highest BCUT2D eigenvalue weighted by Gasteiger charge is 2.16. The van der Waals surface area contributed by atoms with E-state index in [1.54, 1.807) is 11.3 Å².